The molecular formula is C7H17NO. The Morgan fingerprint density at radius 3 is 2.44 bits per heavy atom. The quantitative estimate of drug-likeness (QED) is 0.557. The number of aliphatic hydroxyl groups is 1. The summed E-state index contributed by atoms with van der Waals surface area (Å²) in [4.78, 5) is 0. The molecule has 2 heteroatoms. The van der Waals surface area contributed by atoms with E-state index in [1.54, 1.807) is 7.05 Å². The lowest BCUT2D eigenvalue weighted by Gasteiger charge is -2.12. The smallest absolute Gasteiger partial charge is 0.104 e. The van der Waals surface area contributed by atoms with Gasteiger partial charge in [0.15, 0.2) is 0 Å². The van der Waals surface area contributed by atoms with Crippen LogP contribution in [0.5, 0.6) is 0 Å². The van der Waals surface area contributed by atoms with E-state index in [2.05, 4.69) is 19.2 Å². The summed E-state index contributed by atoms with van der Waals surface area (Å²) in [5, 5.41) is 11.8. The van der Waals surface area contributed by atoms with Gasteiger partial charge in [-0.25, -0.2) is 0 Å². The average Bonchev–Trinajstić information content (AvgIpc) is 1.87. The number of rotatable bonds is 4. The normalized spacial score (nSPS) is 17.3. The predicted molar refractivity (Wildman–Crippen MR) is 39.1 cm³/mol. The molecule has 0 saturated carbocycles. The average molecular weight is 131 g/mol. The van der Waals surface area contributed by atoms with E-state index in [9.17, 15) is 0 Å². The predicted octanol–water partition coefficient (Wildman–Crippen LogP) is 0.960. The summed E-state index contributed by atoms with van der Waals surface area (Å²) in [6.45, 7) is 4.27. The number of nitrogens with one attached hydrogen (secondary N) is 1. The van der Waals surface area contributed by atoms with Crippen molar-refractivity contribution in [1.82, 2.24) is 5.32 Å². The summed E-state index contributed by atoms with van der Waals surface area (Å²) in [5.74, 6) is 0.618. The molecule has 0 aromatic heterocycles. The van der Waals surface area contributed by atoms with Gasteiger partial charge < -0.3 is 5.11 Å². The van der Waals surface area contributed by atoms with Crippen LogP contribution in [0.1, 0.15) is 26.7 Å². The van der Waals surface area contributed by atoms with Gasteiger partial charge in [-0.05, 0) is 19.4 Å². The van der Waals surface area contributed by atoms with Gasteiger partial charge in [-0.3, -0.25) is 5.32 Å². The van der Waals surface area contributed by atoms with Gasteiger partial charge in [-0.2, -0.15) is 0 Å². The molecule has 0 amide bonds. The van der Waals surface area contributed by atoms with E-state index in [0.717, 1.165) is 12.8 Å². The molecule has 0 fully saturated rings. The molecule has 2 nitrogen and oxygen atoms in total. The SMILES string of the molecule is CC[C@H](C)C[C@@H](O)NC. The maximum absolute atomic E-state index is 9.05. The topological polar surface area (TPSA) is 32.3 Å². The van der Waals surface area contributed by atoms with Gasteiger partial charge in [-0.15, -0.1) is 0 Å². The zero-order valence-corrected chi connectivity index (χ0v) is 6.52. The van der Waals surface area contributed by atoms with Crippen LogP contribution in [0.25, 0.3) is 0 Å². The highest BCUT2D eigenvalue weighted by molar-refractivity contribution is 4.55. The van der Waals surface area contributed by atoms with Gasteiger partial charge >= 0.3 is 0 Å². The van der Waals surface area contributed by atoms with Crippen LogP contribution in [0, 0.1) is 5.92 Å². The van der Waals surface area contributed by atoms with Crippen molar-refractivity contribution >= 4 is 0 Å². The molecule has 2 N–H and O–H groups in total. The second kappa shape index (κ2) is 4.77. The van der Waals surface area contributed by atoms with Crippen LogP contribution >= 0.6 is 0 Å². The number of aliphatic hydroxyl groups excluding tert-OH is 1. The monoisotopic (exact) mass is 131 g/mol. The second-order valence-electron chi connectivity index (χ2n) is 2.55. The fourth-order valence-corrected chi connectivity index (χ4v) is 0.666. The molecule has 0 spiro atoms. The summed E-state index contributed by atoms with van der Waals surface area (Å²) in [7, 11) is 1.77. The first-order chi connectivity index (χ1) is 4.20. The van der Waals surface area contributed by atoms with Crippen molar-refractivity contribution in [1.29, 1.82) is 0 Å². The molecule has 0 heterocycles. The standard InChI is InChI=1S/C7H17NO/c1-4-6(2)5-7(9)8-3/h6-9H,4-5H2,1-3H3/t6-,7+/m0/s1. The highest BCUT2D eigenvalue weighted by atomic mass is 16.3. The van der Waals surface area contributed by atoms with E-state index in [-0.39, 0.29) is 6.23 Å². The highest BCUT2D eigenvalue weighted by Gasteiger charge is 2.04. The first kappa shape index (κ1) is 8.92. The highest BCUT2D eigenvalue weighted by Crippen LogP contribution is 2.07. The largest absolute Gasteiger partial charge is 0.379 e. The van der Waals surface area contributed by atoms with E-state index in [4.69, 9.17) is 5.11 Å². The van der Waals surface area contributed by atoms with Crippen molar-refractivity contribution < 1.29 is 5.11 Å². The second-order valence-corrected chi connectivity index (χ2v) is 2.55. The van der Waals surface area contributed by atoms with Crippen LogP contribution in [-0.4, -0.2) is 18.4 Å². The Morgan fingerprint density at radius 2 is 2.11 bits per heavy atom. The van der Waals surface area contributed by atoms with Crippen molar-refractivity contribution in [2.75, 3.05) is 7.05 Å². The van der Waals surface area contributed by atoms with E-state index in [1.165, 1.54) is 0 Å². The lowest BCUT2D eigenvalue weighted by atomic mass is 10.0. The third kappa shape index (κ3) is 4.43. The van der Waals surface area contributed by atoms with Crippen LogP contribution in [0.15, 0.2) is 0 Å². The third-order valence-corrected chi connectivity index (χ3v) is 1.66. The van der Waals surface area contributed by atoms with Crippen molar-refractivity contribution in [2.45, 2.75) is 32.9 Å². The Bertz CT molecular complexity index is 57.9. The molecule has 0 aliphatic heterocycles. The van der Waals surface area contributed by atoms with E-state index >= 15 is 0 Å². The zero-order chi connectivity index (χ0) is 7.28. The van der Waals surface area contributed by atoms with E-state index < -0.39 is 0 Å². The molecule has 0 aromatic rings. The first-order valence-electron chi connectivity index (χ1n) is 3.56. The first-order valence-corrected chi connectivity index (χ1v) is 3.56. The Balaban J connectivity index is 3.22. The fraction of sp³-hybridized carbons (Fsp3) is 1.00. The molecule has 0 bridgehead atoms. The lowest BCUT2D eigenvalue weighted by Crippen LogP contribution is -2.26. The summed E-state index contributed by atoms with van der Waals surface area (Å²) in [6.07, 6.45) is 1.67. The van der Waals surface area contributed by atoms with E-state index in [1.807, 2.05) is 0 Å². The zero-order valence-electron chi connectivity index (χ0n) is 6.52. The number of hydrogen-bond acceptors (Lipinski definition) is 2. The Labute approximate surface area is 57.3 Å². The summed E-state index contributed by atoms with van der Waals surface area (Å²) in [5.41, 5.74) is 0. The minimum Gasteiger partial charge on any atom is -0.379 e. The lowest BCUT2D eigenvalue weighted by molar-refractivity contribution is 0.119. The molecule has 0 unspecified atom stereocenters. The van der Waals surface area contributed by atoms with Gasteiger partial charge in [0.1, 0.15) is 6.23 Å². The van der Waals surface area contributed by atoms with Gasteiger partial charge in [0.2, 0.25) is 0 Å². The third-order valence-electron chi connectivity index (χ3n) is 1.66. The molecule has 0 radical (unpaired) electrons. The molecule has 0 rings (SSSR count). The molecule has 0 aromatic carbocycles. The Hall–Kier alpha value is -0.0800. The van der Waals surface area contributed by atoms with Gasteiger partial charge in [-0.1, -0.05) is 20.3 Å². The molecule has 9 heavy (non-hydrogen) atoms. The van der Waals surface area contributed by atoms with Gasteiger partial charge in [0, 0.05) is 0 Å². The molecule has 0 aliphatic rings. The summed E-state index contributed by atoms with van der Waals surface area (Å²) < 4.78 is 0. The van der Waals surface area contributed by atoms with Crippen LogP contribution in [0.2, 0.25) is 0 Å². The summed E-state index contributed by atoms with van der Waals surface area (Å²) >= 11 is 0. The minimum absolute atomic E-state index is 0.319. The maximum Gasteiger partial charge on any atom is 0.104 e. The summed E-state index contributed by atoms with van der Waals surface area (Å²) in [6, 6.07) is 0. The molecule has 0 saturated heterocycles. The fourth-order valence-electron chi connectivity index (χ4n) is 0.666. The van der Waals surface area contributed by atoms with Crippen LogP contribution < -0.4 is 5.32 Å². The Kier molecular flexibility index (Phi) is 4.72. The van der Waals surface area contributed by atoms with Crippen molar-refractivity contribution in [3.05, 3.63) is 0 Å². The van der Waals surface area contributed by atoms with Crippen molar-refractivity contribution in [3.8, 4) is 0 Å². The van der Waals surface area contributed by atoms with Gasteiger partial charge in [0.25, 0.3) is 0 Å². The molecular weight excluding hydrogens is 114 g/mol. The molecule has 2 atom stereocenters. The van der Waals surface area contributed by atoms with Crippen LogP contribution in [-0.2, 0) is 0 Å². The number of hydrogen-bond donors (Lipinski definition) is 2. The van der Waals surface area contributed by atoms with Crippen LogP contribution in [0.3, 0.4) is 0 Å². The minimum atomic E-state index is -0.319. The van der Waals surface area contributed by atoms with Crippen LogP contribution in [0.4, 0.5) is 0 Å². The Morgan fingerprint density at radius 1 is 1.56 bits per heavy atom. The molecule has 56 valence electrons. The van der Waals surface area contributed by atoms with Crippen molar-refractivity contribution in [2.24, 2.45) is 5.92 Å². The van der Waals surface area contributed by atoms with E-state index in [0.29, 0.717) is 5.92 Å². The van der Waals surface area contributed by atoms with Crippen molar-refractivity contribution in [3.63, 3.8) is 0 Å². The van der Waals surface area contributed by atoms with Gasteiger partial charge in [0.05, 0.1) is 0 Å². The molecule has 0 aliphatic carbocycles. The maximum atomic E-state index is 9.05.